The van der Waals surface area contributed by atoms with Gasteiger partial charge in [0.15, 0.2) is 0 Å². The van der Waals surface area contributed by atoms with Crippen LogP contribution < -0.4 is 10.1 Å². The molecule has 48 heavy (non-hydrogen) atoms. The van der Waals surface area contributed by atoms with E-state index in [0.29, 0.717) is 0 Å². The standard InChI is InChI=1S/C41H42N2O3SSi/c1-27-10-7-11-28(2)40(27)41-34-19-16-31(42-22-8-13-29-12-5-6-15-36(29)42)25-38(34)48(3,4)39-26-32(17-20-35(39)41)43-23-9-14-30-24-33(47(44,45)46)18-21-37(30)43/h5-7,10-12,15-21,24-26,35,41H,8-9,13-14,22-23H2,1-4H3/p+1/b43-32+. The van der Waals surface area contributed by atoms with Gasteiger partial charge in [0.25, 0.3) is 10.1 Å². The van der Waals surface area contributed by atoms with Gasteiger partial charge in [0, 0.05) is 60.0 Å². The number of nitrogens with zero attached hydrogens (tertiary/aromatic N) is 2. The molecular weight excluding hydrogens is 629 g/mol. The van der Waals surface area contributed by atoms with Gasteiger partial charge in [-0.2, -0.15) is 13.0 Å². The predicted octanol–water partition coefficient (Wildman–Crippen LogP) is 8.08. The van der Waals surface area contributed by atoms with E-state index in [1.807, 2.05) is 6.07 Å². The molecule has 8 rings (SSSR count). The lowest BCUT2D eigenvalue weighted by Crippen LogP contribution is -2.54. The maximum Gasteiger partial charge on any atom is 0.294 e. The average Bonchev–Trinajstić information content (AvgIpc) is 3.08. The molecule has 244 valence electrons. The summed E-state index contributed by atoms with van der Waals surface area (Å²) in [5.74, 6) is 0.481. The van der Waals surface area contributed by atoms with Crippen LogP contribution in [0.2, 0.25) is 13.1 Å². The van der Waals surface area contributed by atoms with E-state index < -0.39 is 18.2 Å². The molecule has 0 aromatic heterocycles. The van der Waals surface area contributed by atoms with Gasteiger partial charge in [-0.05, 0) is 96.4 Å². The summed E-state index contributed by atoms with van der Waals surface area (Å²) in [6.07, 6.45) is 11.2. The Morgan fingerprint density at radius 3 is 2.44 bits per heavy atom. The summed E-state index contributed by atoms with van der Waals surface area (Å²) in [7, 11) is -6.43. The summed E-state index contributed by atoms with van der Waals surface area (Å²) in [6, 6.07) is 28.0. The number of para-hydroxylation sites is 1. The van der Waals surface area contributed by atoms with Gasteiger partial charge in [0.2, 0.25) is 11.4 Å². The fourth-order valence-electron chi connectivity index (χ4n) is 9.00. The first-order chi connectivity index (χ1) is 23.0. The van der Waals surface area contributed by atoms with Crippen LogP contribution in [0.1, 0.15) is 52.1 Å². The van der Waals surface area contributed by atoms with E-state index in [4.69, 9.17) is 0 Å². The van der Waals surface area contributed by atoms with E-state index in [2.05, 4.69) is 115 Å². The molecule has 0 fully saturated rings. The van der Waals surface area contributed by atoms with Crippen LogP contribution in [0.15, 0.2) is 107 Å². The number of rotatable bonds is 3. The molecule has 4 aromatic carbocycles. The molecule has 1 aliphatic carbocycles. The minimum Gasteiger partial charge on any atom is -0.341 e. The lowest BCUT2D eigenvalue weighted by atomic mass is 9.75. The molecule has 0 radical (unpaired) electrons. The Morgan fingerprint density at radius 2 is 1.65 bits per heavy atom. The predicted molar refractivity (Wildman–Crippen MR) is 198 cm³/mol. The number of hydrogen-bond acceptors (Lipinski definition) is 3. The Morgan fingerprint density at radius 1 is 0.875 bits per heavy atom. The smallest absolute Gasteiger partial charge is 0.294 e. The van der Waals surface area contributed by atoms with Gasteiger partial charge in [-0.1, -0.05) is 66.8 Å². The Bertz CT molecular complexity index is 2180. The summed E-state index contributed by atoms with van der Waals surface area (Å²) < 4.78 is 35.9. The molecule has 0 spiro atoms. The first-order valence-corrected chi connectivity index (χ1v) is 21.7. The van der Waals surface area contributed by atoms with Crippen LogP contribution in [0.5, 0.6) is 0 Å². The minimum absolute atomic E-state index is 0.0355. The molecule has 2 unspecified atom stereocenters. The average molecular weight is 672 g/mol. The van der Waals surface area contributed by atoms with Crippen molar-refractivity contribution in [2.24, 2.45) is 5.92 Å². The third-order valence-electron chi connectivity index (χ3n) is 11.3. The van der Waals surface area contributed by atoms with E-state index in [0.717, 1.165) is 55.7 Å². The fourth-order valence-corrected chi connectivity index (χ4v) is 12.9. The molecule has 0 saturated heterocycles. The van der Waals surface area contributed by atoms with E-state index in [-0.39, 0.29) is 16.7 Å². The van der Waals surface area contributed by atoms with Gasteiger partial charge in [0.1, 0.15) is 14.6 Å². The van der Waals surface area contributed by atoms with Crippen LogP contribution in [0.3, 0.4) is 0 Å². The number of allylic oxidation sites excluding steroid dienone is 4. The molecule has 3 aliphatic heterocycles. The van der Waals surface area contributed by atoms with Gasteiger partial charge >= 0.3 is 0 Å². The van der Waals surface area contributed by atoms with Crippen LogP contribution in [-0.4, -0.2) is 44.4 Å². The van der Waals surface area contributed by atoms with Crippen molar-refractivity contribution in [3.63, 3.8) is 0 Å². The largest absolute Gasteiger partial charge is 0.341 e. The van der Waals surface area contributed by atoms with E-state index in [1.54, 1.807) is 6.07 Å². The highest BCUT2D eigenvalue weighted by molar-refractivity contribution is 7.85. The summed E-state index contributed by atoms with van der Waals surface area (Å²) in [4.78, 5) is 2.49. The van der Waals surface area contributed by atoms with Crippen LogP contribution in [-0.2, 0) is 23.0 Å². The van der Waals surface area contributed by atoms with Crippen molar-refractivity contribution < 1.29 is 17.5 Å². The molecule has 5 nitrogen and oxygen atoms in total. The number of aryl methyl sites for hydroxylation is 4. The highest BCUT2D eigenvalue weighted by atomic mass is 32.2. The van der Waals surface area contributed by atoms with Crippen molar-refractivity contribution in [2.45, 2.75) is 63.4 Å². The second-order valence-electron chi connectivity index (χ2n) is 14.5. The zero-order valence-electron chi connectivity index (χ0n) is 28.2. The number of hydrogen-bond donors (Lipinski definition) is 1. The summed E-state index contributed by atoms with van der Waals surface area (Å²) in [5, 5.41) is 3.06. The third-order valence-corrected chi connectivity index (χ3v) is 15.9. The minimum atomic E-state index is -4.26. The quantitative estimate of drug-likeness (QED) is 0.136. The SMILES string of the molecule is Cc1cccc(C)c1C1c2ccc(N3CCCc4ccccc43)cc2[Si](C)(C)C2=C/C(=[N+]3\CCCc4cc(S(=O)(=O)O)ccc43)C=CC21. The van der Waals surface area contributed by atoms with Gasteiger partial charge < -0.3 is 4.90 Å². The van der Waals surface area contributed by atoms with Crippen molar-refractivity contribution in [3.05, 3.63) is 136 Å². The highest BCUT2D eigenvalue weighted by Crippen LogP contribution is 2.48. The first-order valence-electron chi connectivity index (χ1n) is 17.2. The zero-order valence-corrected chi connectivity index (χ0v) is 30.0. The maximum absolute atomic E-state index is 11.9. The molecule has 0 saturated carbocycles. The Balaban J connectivity index is 1.31. The van der Waals surface area contributed by atoms with Crippen molar-refractivity contribution in [2.75, 3.05) is 18.0 Å². The van der Waals surface area contributed by atoms with Crippen molar-refractivity contribution >= 4 is 46.2 Å². The topological polar surface area (TPSA) is 60.6 Å². The third kappa shape index (κ3) is 5.06. The Hall–Kier alpha value is -4.04. The zero-order chi connectivity index (χ0) is 33.4. The lowest BCUT2D eigenvalue weighted by molar-refractivity contribution is -0.444. The fraction of sp³-hybridized carbons (Fsp3) is 0.293. The van der Waals surface area contributed by atoms with Gasteiger partial charge in [-0.25, -0.2) is 0 Å². The first kappa shape index (κ1) is 31.2. The van der Waals surface area contributed by atoms with Crippen molar-refractivity contribution in [1.29, 1.82) is 0 Å². The molecule has 3 heterocycles. The highest BCUT2D eigenvalue weighted by Gasteiger charge is 2.47. The molecule has 7 heteroatoms. The normalized spacial score (nSPS) is 22.7. The Kier molecular flexibility index (Phi) is 7.51. The van der Waals surface area contributed by atoms with Gasteiger partial charge in [-0.3, -0.25) is 4.55 Å². The summed E-state index contributed by atoms with van der Waals surface area (Å²) >= 11 is 0. The van der Waals surface area contributed by atoms with E-state index in [1.165, 1.54) is 55.6 Å². The second kappa shape index (κ2) is 11.5. The monoisotopic (exact) mass is 671 g/mol. The van der Waals surface area contributed by atoms with Gasteiger partial charge in [0.05, 0.1) is 4.90 Å². The Labute approximate surface area is 285 Å². The summed E-state index contributed by atoms with van der Waals surface area (Å²) in [5.41, 5.74) is 12.8. The van der Waals surface area contributed by atoms with Gasteiger partial charge in [-0.15, -0.1) is 0 Å². The molecule has 0 bridgehead atoms. The molecule has 4 aromatic rings. The number of anilines is 2. The number of benzene rings is 4. The van der Waals surface area contributed by atoms with Crippen LogP contribution in [0, 0.1) is 19.8 Å². The summed E-state index contributed by atoms with van der Waals surface area (Å²) in [6.45, 7) is 11.5. The molecule has 2 atom stereocenters. The van der Waals surface area contributed by atoms with Crippen molar-refractivity contribution in [3.8, 4) is 0 Å². The van der Waals surface area contributed by atoms with Crippen LogP contribution in [0.4, 0.5) is 17.1 Å². The lowest BCUT2D eigenvalue weighted by Gasteiger charge is -2.45. The van der Waals surface area contributed by atoms with Crippen LogP contribution in [0.25, 0.3) is 0 Å². The van der Waals surface area contributed by atoms with Crippen LogP contribution >= 0.6 is 0 Å². The van der Waals surface area contributed by atoms with Crippen molar-refractivity contribution in [1.82, 2.24) is 0 Å². The van der Waals surface area contributed by atoms with E-state index >= 15 is 0 Å². The number of fused-ring (bicyclic) bond motifs is 4. The molecule has 4 aliphatic rings. The molecule has 1 N–H and O–H groups in total. The van der Waals surface area contributed by atoms with E-state index in [9.17, 15) is 13.0 Å². The maximum atomic E-state index is 11.9. The molecular formula is C41H43N2O3SSi+. The molecule has 0 amide bonds. The second-order valence-corrected chi connectivity index (χ2v) is 20.3.